The van der Waals surface area contributed by atoms with Crippen LogP contribution in [0.4, 0.5) is 0 Å². The molecule has 0 aliphatic rings. The standard InChI is InChI=1S/C12H18BrNO/c1-3-7-14-9-10-8-11(13)5-6-12(10)15-4-2/h5-6,8,14H,3-4,7,9H2,1-2H3/p+1. The zero-order valence-electron chi connectivity index (χ0n) is 9.42. The van der Waals surface area contributed by atoms with E-state index in [0.717, 1.165) is 29.9 Å². The van der Waals surface area contributed by atoms with Gasteiger partial charge in [-0.2, -0.15) is 0 Å². The van der Waals surface area contributed by atoms with E-state index >= 15 is 0 Å². The highest BCUT2D eigenvalue weighted by Crippen LogP contribution is 2.22. The zero-order chi connectivity index (χ0) is 11.1. The van der Waals surface area contributed by atoms with E-state index in [0.29, 0.717) is 0 Å². The maximum absolute atomic E-state index is 5.58. The van der Waals surface area contributed by atoms with E-state index in [9.17, 15) is 0 Å². The quantitative estimate of drug-likeness (QED) is 0.791. The molecule has 2 N–H and O–H groups in total. The number of quaternary nitrogens is 1. The van der Waals surface area contributed by atoms with Crippen LogP contribution in [0.3, 0.4) is 0 Å². The predicted octanol–water partition coefficient (Wildman–Crippen LogP) is 2.32. The van der Waals surface area contributed by atoms with Crippen LogP contribution in [0.25, 0.3) is 0 Å². The monoisotopic (exact) mass is 272 g/mol. The van der Waals surface area contributed by atoms with Crippen molar-refractivity contribution in [3.63, 3.8) is 0 Å². The lowest BCUT2D eigenvalue weighted by molar-refractivity contribution is -0.670. The molecular formula is C12H19BrNO+. The molecule has 0 radical (unpaired) electrons. The van der Waals surface area contributed by atoms with E-state index in [1.165, 1.54) is 12.0 Å². The average Bonchev–Trinajstić information content (AvgIpc) is 2.22. The van der Waals surface area contributed by atoms with E-state index in [2.05, 4.69) is 34.2 Å². The summed E-state index contributed by atoms with van der Waals surface area (Å²) in [6.07, 6.45) is 1.21. The minimum absolute atomic E-state index is 0.725. The molecule has 0 fully saturated rings. The Morgan fingerprint density at radius 2 is 2.13 bits per heavy atom. The summed E-state index contributed by atoms with van der Waals surface area (Å²) in [6, 6.07) is 6.19. The Labute approximate surface area is 100 Å². The van der Waals surface area contributed by atoms with Crippen molar-refractivity contribution in [3.05, 3.63) is 28.2 Å². The zero-order valence-corrected chi connectivity index (χ0v) is 11.0. The van der Waals surface area contributed by atoms with Crippen LogP contribution in [0.15, 0.2) is 22.7 Å². The summed E-state index contributed by atoms with van der Waals surface area (Å²) in [6.45, 7) is 7.09. The molecule has 0 saturated carbocycles. The Morgan fingerprint density at radius 1 is 1.33 bits per heavy atom. The Bertz CT molecular complexity index is 302. The predicted molar refractivity (Wildman–Crippen MR) is 66.1 cm³/mol. The molecule has 0 unspecified atom stereocenters. The summed E-state index contributed by atoms with van der Waals surface area (Å²) >= 11 is 3.49. The molecular weight excluding hydrogens is 254 g/mol. The third-order valence-corrected chi connectivity index (χ3v) is 2.67. The van der Waals surface area contributed by atoms with Gasteiger partial charge in [-0.1, -0.05) is 22.9 Å². The Morgan fingerprint density at radius 3 is 2.80 bits per heavy atom. The first-order chi connectivity index (χ1) is 7.27. The van der Waals surface area contributed by atoms with E-state index in [1.54, 1.807) is 0 Å². The van der Waals surface area contributed by atoms with Gasteiger partial charge in [0.2, 0.25) is 0 Å². The van der Waals surface area contributed by atoms with Gasteiger partial charge in [0.05, 0.1) is 13.2 Å². The molecule has 0 atom stereocenters. The molecule has 0 heterocycles. The number of hydrogen-bond acceptors (Lipinski definition) is 1. The van der Waals surface area contributed by atoms with Crippen LogP contribution >= 0.6 is 15.9 Å². The van der Waals surface area contributed by atoms with Crippen molar-refractivity contribution in [1.29, 1.82) is 0 Å². The van der Waals surface area contributed by atoms with Gasteiger partial charge in [0.1, 0.15) is 12.3 Å². The van der Waals surface area contributed by atoms with E-state index < -0.39 is 0 Å². The number of benzene rings is 1. The summed E-state index contributed by atoms with van der Waals surface area (Å²) in [5, 5.41) is 2.31. The molecule has 0 saturated heterocycles. The summed E-state index contributed by atoms with van der Waals surface area (Å²) in [7, 11) is 0. The fourth-order valence-electron chi connectivity index (χ4n) is 1.47. The topological polar surface area (TPSA) is 25.8 Å². The van der Waals surface area contributed by atoms with Gasteiger partial charge in [-0.05, 0) is 31.5 Å². The van der Waals surface area contributed by atoms with E-state index in [-0.39, 0.29) is 0 Å². The smallest absolute Gasteiger partial charge is 0.128 e. The minimum atomic E-state index is 0.725. The second-order valence-corrected chi connectivity index (χ2v) is 4.38. The molecule has 15 heavy (non-hydrogen) atoms. The lowest BCUT2D eigenvalue weighted by atomic mass is 10.2. The third kappa shape index (κ3) is 4.22. The van der Waals surface area contributed by atoms with E-state index in [4.69, 9.17) is 4.74 Å². The van der Waals surface area contributed by atoms with Gasteiger partial charge < -0.3 is 10.1 Å². The molecule has 0 aliphatic heterocycles. The molecule has 84 valence electrons. The third-order valence-electron chi connectivity index (χ3n) is 2.18. The summed E-state index contributed by atoms with van der Waals surface area (Å²) < 4.78 is 6.70. The molecule has 3 heteroatoms. The SMILES string of the molecule is CCC[NH2+]Cc1cc(Br)ccc1OCC. The summed E-state index contributed by atoms with van der Waals surface area (Å²) in [5.74, 6) is 1.01. The van der Waals surface area contributed by atoms with Gasteiger partial charge in [-0.25, -0.2) is 0 Å². The van der Waals surface area contributed by atoms with Gasteiger partial charge in [0.15, 0.2) is 0 Å². The highest BCUT2D eigenvalue weighted by Gasteiger charge is 2.05. The van der Waals surface area contributed by atoms with Gasteiger partial charge in [-0.3, -0.25) is 0 Å². The molecule has 0 amide bonds. The Hall–Kier alpha value is -0.540. The van der Waals surface area contributed by atoms with E-state index in [1.807, 2.05) is 19.1 Å². The highest BCUT2D eigenvalue weighted by molar-refractivity contribution is 9.10. The second-order valence-electron chi connectivity index (χ2n) is 3.47. The van der Waals surface area contributed by atoms with Crippen LogP contribution in [0.2, 0.25) is 0 Å². The van der Waals surface area contributed by atoms with Crippen LogP contribution in [-0.2, 0) is 6.54 Å². The van der Waals surface area contributed by atoms with Crippen molar-refractivity contribution in [3.8, 4) is 5.75 Å². The van der Waals surface area contributed by atoms with Gasteiger partial charge in [0.25, 0.3) is 0 Å². The first-order valence-electron chi connectivity index (χ1n) is 5.50. The fraction of sp³-hybridized carbons (Fsp3) is 0.500. The van der Waals surface area contributed by atoms with Crippen LogP contribution in [0.1, 0.15) is 25.8 Å². The Balaban J connectivity index is 2.68. The molecule has 2 nitrogen and oxygen atoms in total. The van der Waals surface area contributed by atoms with Crippen LogP contribution < -0.4 is 10.1 Å². The molecule has 0 aromatic heterocycles. The lowest BCUT2D eigenvalue weighted by Gasteiger charge is -2.09. The average molecular weight is 273 g/mol. The molecule has 1 rings (SSSR count). The van der Waals surface area contributed by atoms with Gasteiger partial charge >= 0.3 is 0 Å². The number of nitrogens with two attached hydrogens (primary N) is 1. The second kappa shape index (κ2) is 6.85. The molecule has 1 aromatic carbocycles. The Kier molecular flexibility index (Phi) is 5.73. The maximum atomic E-state index is 5.58. The van der Waals surface area contributed by atoms with Crippen molar-refractivity contribution in [2.45, 2.75) is 26.8 Å². The minimum Gasteiger partial charge on any atom is -0.493 e. The maximum Gasteiger partial charge on any atom is 0.128 e. The summed E-state index contributed by atoms with van der Waals surface area (Å²) in [5.41, 5.74) is 1.26. The van der Waals surface area contributed by atoms with Crippen molar-refractivity contribution in [2.24, 2.45) is 0 Å². The molecule has 0 aliphatic carbocycles. The molecule has 0 bridgehead atoms. The lowest BCUT2D eigenvalue weighted by Crippen LogP contribution is -2.82. The van der Waals surface area contributed by atoms with Gasteiger partial charge in [-0.15, -0.1) is 0 Å². The number of ether oxygens (including phenoxy) is 1. The molecule has 0 spiro atoms. The number of halogens is 1. The number of rotatable bonds is 6. The number of hydrogen-bond donors (Lipinski definition) is 1. The van der Waals surface area contributed by atoms with Crippen molar-refractivity contribution in [1.82, 2.24) is 0 Å². The highest BCUT2D eigenvalue weighted by atomic mass is 79.9. The normalized spacial score (nSPS) is 10.3. The van der Waals surface area contributed by atoms with Crippen LogP contribution in [0, 0.1) is 0 Å². The van der Waals surface area contributed by atoms with Crippen LogP contribution in [-0.4, -0.2) is 13.2 Å². The van der Waals surface area contributed by atoms with Crippen LogP contribution in [0.5, 0.6) is 5.75 Å². The fourth-order valence-corrected chi connectivity index (χ4v) is 1.87. The van der Waals surface area contributed by atoms with Crippen molar-refractivity contribution >= 4 is 15.9 Å². The van der Waals surface area contributed by atoms with Crippen molar-refractivity contribution in [2.75, 3.05) is 13.2 Å². The first-order valence-corrected chi connectivity index (χ1v) is 6.30. The summed E-state index contributed by atoms with van der Waals surface area (Å²) in [4.78, 5) is 0. The molecule has 1 aromatic rings. The largest absolute Gasteiger partial charge is 0.493 e. The van der Waals surface area contributed by atoms with Crippen molar-refractivity contribution < 1.29 is 10.1 Å². The van der Waals surface area contributed by atoms with Gasteiger partial charge in [0, 0.05) is 10.0 Å². The first kappa shape index (κ1) is 12.5.